The van der Waals surface area contributed by atoms with Gasteiger partial charge in [-0.2, -0.15) is 0 Å². The normalized spacial score (nSPS) is 27.8. The molecule has 2 atom stereocenters. The fourth-order valence-corrected chi connectivity index (χ4v) is 1.72. The molecule has 1 aliphatic rings. The summed E-state index contributed by atoms with van der Waals surface area (Å²) < 4.78 is 5.21. The first-order valence-corrected chi connectivity index (χ1v) is 4.70. The molecule has 76 valence electrons. The van der Waals surface area contributed by atoms with Gasteiger partial charge in [-0.1, -0.05) is 0 Å². The lowest BCUT2D eigenvalue weighted by Crippen LogP contribution is -2.29. The van der Waals surface area contributed by atoms with E-state index in [-0.39, 0.29) is 6.42 Å². The van der Waals surface area contributed by atoms with Crippen LogP contribution in [0.5, 0.6) is 0 Å². The number of methoxy groups -OCH3 is 1. The maximum atomic E-state index is 10.2. The average Bonchev–Trinajstić information content (AvgIpc) is 2.52. The highest BCUT2D eigenvalue weighted by molar-refractivity contribution is 5.66. The third-order valence-corrected chi connectivity index (χ3v) is 2.49. The van der Waals surface area contributed by atoms with Crippen LogP contribution in [0, 0.1) is 0 Å². The molecule has 1 saturated carbocycles. The predicted molar refractivity (Wildman–Crippen MR) is 48.7 cm³/mol. The summed E-state index contributed by atoms with van der Waals surface area (Å²) in [6, 6.07) is 0.448. The van der Waals surface area contributed by atoms with Gasteiger partial charge < -0.3 is 15.2 Å². The lowest BCUT2D eigenvalue weighted by atomic mass is 10.2. The second kappa shape index (κ2) is 5.19. The van der Waals surface area contributed by atoms with E-state index < -0.39 is 5.97 Å². The maximum absolute atomic E-state index is 10.2. The Kier molecular flexibility index (Phi) is 4.18. The Morgan fingerprint density at radius 1 is 1.62 bits per heavy atom. The van der Waals surface area contributed by atoms with E-state index in [0.29, 0.717) is 18.7 Å². The molecule has 0 aromatic carbocycles. The van der Waals surface area contributed by atoms with Crippen molar-refractivity contribution in [1.29, 1.82) is 0 Å². The zero-order valence-corrected chi connectivity index (χ0v) is 7.95. The monoisotopic (exact) mass is 187 g/mol. The molecular formula is C9H17NO3. The van der Waals surface area contributed by atoms with E-state index in [1.54, 1.807) is 7.11 Å². The zero-order chi connectivity index (χ0) is 9.68. The van der Waals surface area contributed by atoms with Crippen LogP contribution in [-0.2, 0) is 9.53 Å². The van der Waals surface area contributed by atoms with Crippen LogP contribution >= 0.6 is 0 Å². The zero-order valence-electron chi connectivity index (χ0n) is 7.95. The molecule has 0 radical (unpaired) electrons. The molecule has 0 aromatic rings. The molecule has 0 aromatic heterocycles. The summed E-state index contributed by atoms with van der Waals surface area (Å²) in [6.07, 6.45) is 3.76. The van der Waals surface area contributed by atoms with E-state index >= 15 is 0 Å². The molecule has 4 heteroatoms. The lowest BCUT2D eigenvalue weighted by molar-refractivity contribution is -0.136. The van der Waals surface area contributed by atoms with Crippen LogP contribution in [0.15, 0.2) is 0 Å². The topological polar surface area (TPSA) is 58.6 Å². The molecule has 1 rings (SSSR count). The summed E-state index contributed by atoms with van der Waals surface area (Å²) in [5.41, 5.74) is 0. The highest BCUT2D eigenvalue weighted by Crippen LogP contribution is 2.21. The molecule has 0 spiro atoms. The molecule has 2 unspecified atom stereocenters. The molecule has 13 heavy (non-hydrogen) atoms. The minimum absolute atomic E-state index is 0.203. The quantitative estimate of drug-likeness (QED) is 0.662. The molecule has 0 heterocycles. The number of rotatable bonds is 5. The van der Waals surface area contributed by atoms with Gasteiger partial charge in [0.1, 0.15) is 0 Å². The molecule has 0 aliphatic heterocycles. The van der Waals surface area contributed by atoms with Gasteiger partial charge >= 0.3 is 5.97 Å². The Hall–Kier alpha value is -0.610. The van der Waals surface area contributed by atoms with Gasteiger partial charge in [-0.25, -0.2) is 0 Å². The summed E-state index contributed by atoms with van der Waals surface area (Å²) in [5, 5.41) is 11.6. The van der Waals surface area contributed by atoms with Crippen LogP contribution in [0.1, 0.15) is 25.7 Å². The molecule has 1 aliphatic carbocycles. The number of carboxylic acids is 1. The lowest BCUT2D eigenvalue weighted by Gasteiger charge is -2.11. The van der Waals surface area contributed by atoms with Crippen molar-refractivity contribution in [2.24, 2.45) is 0 Å². The van der Waals surface area contributed by atoms with Crippen LogP contribution in [0.2, 0.25) is 0 Å². The molecule has 0 bridgehead atoms. The fourth-order valence-electron chi connectivity index (χ4n) is 1.72. The Labute approximate surface area is 78.3 Å². The third kappa shape index (κ3) is 3.74. The van der Waals surface area contributed by atoms with Crippen molar-refractivity contribution in [2.45, 2.75) is 37.8 Å². The second-order valence-electron chi connectivity index (χ2n) is 3.47. The first kappa shape index (κ1) is 10.5. The van der Waals surface area contributed by atoms with Gasteiger partial charge in [-0.3, -0.25) is 4.79 Å². The van der Waals surface area contributed by atoms with Crippen molar-refractivity contribution in [3.8, 4) is 0 Å². The van der Waals surface area contributed by atoms with Crippen LogP contribution < -0.4 is 5.32 Å². The van der Waals surface area contributed by atoms with Gasteiger partial charge in [-0.05, 0) is 19.3 Å². The van der Waals surface area contributed by atoms with E-state index in [1.165, 1.54) is 0 Å². The summed E-state index contributed by atoms with van der Waals surface area (Å²) >= 11 is 0. The van der Waals surface area contributed by atoms with Gasteiger partial charge in [0.25, 0.3) is 0 Å². The van der Waals surface area contributed by atoms with E-state index in [0.717, 1.165) is 19.3 Å². The van der Waals surface area contributed by atoms with Crippen molar-refractivity contribution >= 4 is 5.97 Å². The molecule has 0 saturated heterocycles. The highest BCUT2D eigenvalue weighted by atomic mass is 16.5. The molecule has 2 N–H and O–H groups in total. The van der Waals surface area contributed by atoms with Gasteiger partial charge in [0.05, 0.1) is 12.5 Å². The van der Waals surface area contributed by atoms with Crippen LogP contribution in [0.3, 0.4) is 0 Å². The number of aliphatic carboxylic acids is 1. The van der Waals surface area contributed by atoms with Crippen molar-refractivity contribution in [2.75, 3.05) is 13.7 Å². The Morgan fingerprint density at radius 2 is 2.38 bits per heavy atom. The summed E-state index contributed by atoms with van der Waals surface area (Å²) in [7, 11) is 1.73. The van der Waals surface area contributed by atoms with Gasteiger partial charge in [-0.15, -0.1) is 0 Å². The molecule has 0 amide bonds. The number of carboxylic acid groups (broad SMARTS) is 1. The van der Waals surface area contributed by atoms with Crippen molar-refractivity contribution < 1.29 is 14.6 Å². The van der Waals surface area contributed by atoms with Crippen molar-refractivity contribution in [3.63, 3.8) is 0 Å². The van der Waals surface area contributed by atoms with Gasteiger partial charge in [0.2, 0.25) is 0 Å². The average molecular weight is 187 g/mol. The number of carbonyl (C=O) groups is 1. The largest absolute Gasteiger partial charge is 0.481 e. The fraction of sp³-hybridized carbons (Fsp3) is 0.889. The Bertz CT molecular complexity index is 172. The minimum atomic E-state index is -0.742. The van der Waals surface area contributed by atoms with Gasteiger partial charge in [0, 0.05) is 19.7 Å². The van der Waals surface area contributed by atoms with Crippen LogP contribution in [0.4, 0.5) is 0 Å². The third-order valence-electron chi connectivity index (χ3n) is 2.49. The number of ether oxygens (including phenoxy) is 1. The molecule has 1 fully saturated rings. The number of nitrogens with one attached hydrogen (secondary N) is 1. The van der Waals surface area contributed by atoms with Gasteiger partial charge in [0.15, 0.2) is 0 Å². The SMILES string of the molecule is COC1CCC(NCCC(=O)O)C1. The van der Waals surface area contributed by atoms with Crippen LogP contribution in [0.25, 0.3) is 0 Å². The first-order chi connectivity index (χ1) is 6.22. The highest BCUT2D eigenvalue weighted by Gasteiger charge is 2.23. The molecule has 4 nitrogen and oxygen atoms in total. The second-order valence-corrected chi connectivity index (χ2v) is 3.47. The maximum Gasteiger partial charge on any atom is 0.304 e. The van der Waals surface area contributed by atoms with E-state index in [9.17, 15) is 4.79 Å². The standard InChI is InChI=1S/C9H17NO3/c1-13-8-3-2-7(6-8)10-5-4-9(11)12/h7-8,10H,2-6H2,1H3,(H,11,12). The summed E-state index contributed by atoms with van der Waals surface area (Å²) in [4.78, 5) is 10.2. The van der Waals surface area contributed by atoms with Crippen LogP contribution in [-0.4, -0.2) is 36.9 Å². The summed E-state index contributed by atoms with van der Waals surface area (Å²) in [6.45, 7) is 0.566. The number of hydrogen-bond acceptors (Lipinski definition) is 3. The van der Waals surface area contributed by atoms with E-state index in [4.69, 9.17) is 9.84 Å². The van der Waals surface area contributed by atoms with Crippen molar-refractivity contribution in [3.05, 3.63) is 0 Å². The Morgan fingerprint density at radius 3 is 2.92 bits per heavy atom. The minimum Gasteiger partial charge on any atom is -0.481 e. The van der Waals surface area contributed by atoms with Crippen molar-refractivity contribution in [1.82, 2.24) is 5.32 Å². The molecular weight excluding hydrogens is 170 g/mol. The predicted octanol–water partition coefficient (Wildman–Crippen LogP) is 0.618. The first-order valence-electron chi connectivity index (χ1n) is 4.70. The van der Waals surface area contributed by atoms with E-state index in [1.807, 2.05) is 0 Å². The summed E-state index contributed by atoms with van der Waals surface area (Å²) in [5.74, 6) is -0.742. The number of hydrogen-bond donors (Lipinski definition) is 2. The Balaban J connectivity index is 2.07. The van der Waals surface area contributed by atoms with E-state index in [2.05, 4.69) is 5.32 Å². The smallest absolute Gasteiger partial charge is 0.304 e.